The third-order valence-corrected chi connectivity index (χ3v) is 8.41. The molecule has 1 N–H and O–H groups in total. The van der Waals surface area contributed by atoms with Crippen molar-refractivity contribution in [3.05, 3.63) is 82.3 Å². The van der Waals surface area contributed by atoms with E-state index in [2.05, 4.69) is 5.32 Å². The van der Waals surface area contributed by atoms with Crippen molar-refractivity contribution in [1.82, 2.24) is 5.32 Å². The minimum Gasteiger partial charge on any atom is -0.497 e. The Hall–Kier alpha value is -2.94. The number of amides is 1. The Bertz CT molecular complexity index is 1380. The fraction of sp³-hybridized carbons (Fsp3) is 0.269. The summed E-state index contributed by atoms with van der Waals surface area (Å²) in [6, 6.07) is 17.5. The van der Waals surface area contributed by atoms with E-state index in [1.807, 2.05) is 19.9 Å². The van der Waals surface area contributed by atoms with E-state index < -0.39 is 34.1 Å². The van der Waals surface area contributed by atoms with Crippen molar-refractivity contribution in [1.29, 1.82) is 0 Å². The molecule has 0 fully saturated rings. The molecule has 3 aromatic rings. The molecule has 0 saturated heterocycles. The highest BCUT2D eigenvalue weighted by Crippen LogP contribution is 2.41. The van der Waals surface area contributed by atoms with Crippen LogP contribution in [0.25, 0.3) is 0 Å². The lowest BCUT2D eigenvalue weighted by Crippen LogP contribution is -2.45. The summed E-state index contributed by atoms with van der Waals surface area (Å²) >= 11 is 12.6. The maximum absolute atomic E-state index is 13.6. The van der Waals surface area contributed by atoms with Gasteiger partial charge in [0.15, 0.2) is 0 Å². The van der Waals surface area contributed by atoms with E-state index in [1.54, 1.807) is 49.6 Å². The van der Waals surface area contributed by atoms with Crippen LogP contribution in [0.2, 0.25) is 10.0 Å². The summed E-state index contributed by atoms with van der Waals surface area (Å²) in [7, 11) is -2.58. The molecule has 0 spiro atoms. The molecule has 1 aliphatic rings. The second-order valence-corrected chi connectivity index (χ2v) is 11.6. The van der Waals surface area contributed by atoms with Crippen molar-refractivity contribution in [2.45, 2.75) is 36.8 Å². The minimum atomic E-state index is -4.14. The number of ether oxygens (including phenoxy) is 2. The number of anilines is 1. The Morgan fingerprint density at radius 3 is 2.53 bits per heavy atom. The van der Waals surface area contributed by atoms with E-state index in [9.17, 15) is 13.2 Å². The second-order valence-electron chi connectivity index (χ2n) is 8.99. The van der Waals surface area contributed by atoms with E-state index >= 15 is 0 Å². The van der Waals surface area contributed by atoms with Gasteiger partial charge in [-0.05, 0) is 56.3 Å². The summed E-state index contributed by atoms with van der Waals surface area (Å²) < 4.78 is 39.6. The predicted octanol–water partition coefficient (Wildman–Crippen LogP) is 5.62. The van der Waals surface area contributed by atoms with E-state index in [-0.39, 0.29) is 20.6 Å². The number of fused-ring (bicyclic) bond motifs is 1. The molecule has 0 radical (unpaired) electrons. The predicted molar refractivity (Wildman–Crippen MR) is 141 cm³/mol. The molecule has 10 heteroatoms. The molecule has 36 heavy (non-hydrogen) atoms. The molecule has 190 valence electrons. The highest BCUT2D eigenvalue weighted by atomic mass is 35.5. The summed E-state index contributed by atoms with van der Waals surface area (Å²) in [6.45, 7) is 3.35. The number of halogens is 2. The van der Waals surface area contributed by atoms with Gasteiger partial charge in [0, 0.05) is 12.0 Å². The molecule has 0 saturated carbocycles. The number of carbonyl (C=O) groups excluding carboxylic acids is 1. The summed E-state index contributed by atoms with van der Waals surface area (Å²) in [5.74, 6) is 0.737. The van der Waals surface area contributed by atoms with Crippen LogP contribution in [0.3, 0.4) is 0 Å². The summed E-state index contributed by atoms with van der Waals surface area (Å²) in [5.41, 5.74) is 0.309. The second kappa shape index (κ2) is 10.2. The molecular weight excluding hydrogens is 523 g/mol. The third kappa shape index (κ3) is 5.40. The number of benzene rings is 3. The summed E-state index contributed by atoms with van der Waals surface area (Å²) in [5, 5.41) is 3.20. The van der Waals surface area contributed by atoms with E-state index in [0.717, 1.165) is 9.87 Å². The van der Waals surface area contributed by atoms with Gasteiger partial charge in [0.2, 0.25) is 5.91 Å². The third-order valence-electron chi connectivity index (χ3n) is 5.83. The summed E-state index contributed by atoms with van der Waals surface area (Å²) in [6.07, 6.45) is 0.474. The van der Waals surface area contributed by atoms with Crippen LogP contribution in [0.15, 0.2) is 71.6 Å². The molecule has 1 unspecified atom stereocenters. The number of methoxy groups -OCH3 is 1. The Morgan fingerprint density at radius 1 is 1.11 bits per heavy atom. The zero-order valence-corrected chi connectivity index (χ0v) is 22.3. The molecular formula is C26H26Cl2N2O5S. The van der Waals surface area contributed by atoms with E-state index in [0.29, 0.717) is 17.9 Å². The standard InChI is InChI=1S/C26H26Cl2N2O5S/c1-26(2)15-21(19-14-17(34-3)12-13-23(19)35-26)29-24(31)16-30(22-11-7-10-20(27)25(22)28)36(32,33)18-8-5-4-6-9-18/h4-14,21H,15-16H2,1-3H3,(H,29,31). The van der Waals surface area contributed by atoms with Crippen LogP contribution in [-0.2, 0) is 14.8 Å². The normalized spacial score (nSPS) is 16.4. The molecule has 1 aliphatic heterocycles. The van der Waals surface area contributed by atoms with Crippen molar-refractivity contribution in [2.75, 3.05) is 18.0 Å². The van der Waals surface area contributed by atoms with Gasteiger partial charge in [-0.15, -0.1) is 0 Å². The van der Waals surface area contributed by atoms with E-state index in [1.165, 1.54) is 18.2 Å². The first-order chi connectivity index (χ1) is 17.0. The lowest BCUT2D eigenvalue weighted by Gasteiger charge is -2.38. The number of sulfonamides is 1. The SMILES string of the molecule is COc1ccc2c(c1)C(NC(=O)CN(c1cccc(Cl)c1Cl)S(=O)(=O)c1ccccc1)CC(C)(C)O2. The van der Waals surface area contributed by atoms with Crippen molar-refractivity contribution in [3.8, 4) is 11.5 Å². The Kier molecular flexibility index (Phi) is 7.41. The first kappa shape index (κ1) is 26.1. The van der Waals surface area contributed by atoms with Gasteiger partial charge in [-0.25, -0.2) is 8.42 Å². The zero-order valence-electron chi connectivity index (χ0n) is 20.0. The Labute approximate surface area is 221 Å². The number of hydrogen-bond acceptors (Lipinski definition) is 5. The van der Waals surface area contributed by atoms with Gasteiger partial charge >= 0.3 is 0 Å². The average molecular weight is 549 g/mol. The van der Waals surface area contributed by atoms with Gasteiger partial charge < -0.3 is 14.8 Å². The van der Waals surface area contributed by atoms with Crippen molar-refractivity contribution in [3.63, 3.8) is 0 Å². The molecule has 0 aromatic heterocycles. The zero-order chi connectivity index (χ0) is 26.1. The van der Waals surface area contributed by atoms with Gasteiger partial charge in [-0.1, -0.05) is 47.5 Å². The van der Waals surface area contributed by atoms with Gasteiger partial charge in [0.1, 0.15) is 23.6 Å². The Balaban J connectivity index is 1.69. The largest absolute Gasteiger partial charge is 0.497 e. The van der Waals surface area contributed by atoms with Gasteiger partial charge in [0.05, 0.1) is 33.8 Å². The maximum Gasteiger partial charge on any atom is 0.264 e. The van der Waals surface area contributed by atoms with Gasteiger partial charge in [-0.3, -0.25) is 9.10 Å². The quantitative estimate of drug-likeness (QED) is 0.414. The number of nitrogens with zero attached hydrogens (tertiary/aromatic N) is 1. The maximum atomic E-state index is 13.6. The van der Waals surface area contributed by atoms with Crippen LogP contribution in [0.1, 0.15) is 31.9 Å². The minimum absolute atomic E-state index is 0.0242. The van der Waals surface area contributed by atoms with Crippen LogP contribution in [0.5, 0.6) is 11.5 Å². The topological polar surface area (TPSA) is 84.9 Å². The molecule has 0 bridgehead atoms. The Morgan fingerprint density at radius 2 is 1.83 bits per heavy atom. The van der Waals surface area contributed by atoms with Crippen molar-refractivity contribution in [2.24, 2.45) is 0 Å². The lowest BCUT2D eigenvalue weighted by atomic mass is 9.89. The molecule has 7 nitrogen and oxygen atoms in total. The smallest absolute Gasteiger partial charge is 0.264 e. The number of hydrogen-bond donors (Lipinski definition) is 1. The molecule has 4 rings (SSSR count). The monoisotopic (exact) mass is 548 g/mol. The molecule has 1 atom stereocenters. The highest BCUT2D eigenvalue weighted by molar-refractivity contribution is 7.92. The number of carbonyl (C=O) groups is 1. The molecule has 1 heterocycles. The van der Waals surface area contributed by atoms with Crippen LogP contribution in [0, 0.1) is 0 Å². The van der Waals surface area contributed by atoms with E-state index in [4.69, 9.17) is 32.7 Å². The van der Waals surface area contributed by atoms with Crippen LogP contribution in [0.4, 0.5) is 5.69 Å². The summed E-state index contributed by atoms with van der Waals surface area (Å²) in [4.78, 5) is 13.4. The molecule has 3 aromatic carbocycles. The van der Waals surface area contributed by atoms with Crippen LogP contribution in [-0.4, -0.2) is 33.6 Å². The fourth-order valence-electron chi connectivity index (χ4n) is 4.16. The fourth-order valence-corrected chi connectivity index (χ4v) is 6.06. The molecule has 1 amide bonds. The highest BCUT2D eigenvalue weighted by Gasteiger charge is 2.36. The van der Waals surface area contributed by atoms with Gasteiger partial charge in [0.25, 0.3) is 10.0 Å². The first-order valence-electron chi connectivity index (χ1n) is 11.2. The average Bonchev–Trinajstić information content (AvgIpc) is 2.84. The van der Waals surface area contributed by atoms with Crippen LogP contribution >= 0.6 is 23.2 Å². The number of rotatable bonds is 7. The lowest BCUT2D eigenvalue weighted by molar-refractivity contribution is -0.120. The first-order valence-corrected chi connectivity index (χ1v) is 13.4. The number of nitrogens with one attached hydrogen (secondary N) is 1. The van der Waals surface area contributed by atoms with Gasteiger partial charge in [-0.2, -0.15) is 0 Å². The van der Waals surface area contributed by atoms with Crippen molar-refractivity contribution >= 4 is 44.8 Å². The van der Waals surface area contributed by atoms with Crippen LogP contribution < -0.4 is 19.1 Å². The van der Waals surface area contributed by atoms with Crippen molar-refractivity contribution < 1.29 is 22.7 Å². The molecule has 0 aliphatic carbocycles.